The van der Waals surface area contributed by atoms with Gasteiger partial charge in [0, 0.05) is 25.0 Å². The molecular formula is C15H16N2O2. The maximum absolute atomic E-state index is 11.2. The zero-order chi connectivity index (χ0) is 13.7. The molecule has 0 radical (unpaired) electrons. The van der Waals surface area contributed by atoms with Crippen LogP contribution in [0.15, 0.2) is 49.1 Å². The van der Waals surface area contributed by atoms with Gasteiger partial charge in [-0.05, 0) is 23.6 Å². The monoisotopic (exact) mass is 256 g/mol. The topological polar surface area (TPSA) is 44.1 Å². The second-order valence-electron chi connectivity index (χ2n) is 4.28. The summed E-state index contributed by atoms with van der Waals surface area (Å²) in [7, 11) is 1.38. The van der Waals surface area contributed by atoms with E-state index in [2.05, 4.69) is 9.72 Å². The first-order chi connectivity index (χ1) is 9.19. The standard InChI is InChI=1S/C15H16N2O2/c1-12(9-15(18)19-2)14-5-3-13(4-6-14)10-17-8-7-16-11-17/h3-9,11H,10H2,1-2H3/b12-9+. The van der Waals surface area contributed by atoms with Crippen molar-refractivity contribution in [2.45, 2.75) is 13.5 Å². The summed E-state index contributed by atoms with van der Waals surface area (Å²) >= 11 is 0. The van der Waals surface area contributed by atoms with Crippen molar-refractivity contribution in [2.75, 3.05) is 7.11 Å². The summed E-state index contributed by atoms with van der Waals surface area (Å²) in [5.74, 6) is -0.333. The molecule has 0 saturated carbocycles. The van der Waals surface area contributed by atoms with Crippen LogP contribution in [-0.4, -0.2) is 22.6 Å². The van der Waals surface area contributed by atoms with Gasteiger partial charge in [0.2, 0.25) is 0 Å². The molecule has 0 amide bonds. The Labute approximate surface area is 112 Å². The van der Waals surface area contributed by atoms with Gasteiger partial charge in [-0.25, -0.2) is 9.78 Å². The number of allylic oxidation sites excluding steroid dienone is 1. The fraction of sp³-hybridized carbons (Fsp3) is 0.200. The van der Waals surface area contributed by atoms with Crippen molar-refractivity contribution in [3.63, 3.8) is 0 Å². The van der Waals surface area contributed by atoms with Crippen LogP contribution in [0.25, 0.3) is 5.57 Å². The van der Waals surface area contributed by atoms with Crippen LogP contribution >= 0.6 is 0 Å². The molecule has 0 N–H and O–H groups in total. The molecule has 0 fully saturated rings. The molecule has 0 unspecified atom stereocenters. The molecule has 0 spiro atoms. The molecule has 0 aliphatic heterocycles. The molecule has 0 aliphatic rings. The maximum atomic E-state index is 11.2. The van der Waals surface area contributed by atoms with Gasteiger partial charge in [-0.3, -0.25) is 0 Å². The number of carbonyl (C=O) groups excluding carboxylic acids is 1. The lowest BCUT2D eigenvalue weighted by Gasteiger charge is -2.05. The SMILES string of the molecule is COC(=O)/C=C(\C)c1ccc(Cn2ccnc2)cc1. The molecular weight excluding hydrogens is 240 g/mol. The van der Waals surface area contributed by atoms with Crippen molar-refractivity contribution in [2.24, 2.45) is 0 Å². The summed E-state index contributed by atoms with van der Waals surface area (Å²) < 4.78 is 6.62. The van der Waals surface area contributed by atoms with Gasteiger partial charge in [0.25, 0.3) is 0 Å². The highest BCUT2D eigenvalue weighted by atomic mass is 16.5. The molecule has 4 heteroatoms. The van der Waals surface area contributed by atoms with Crippen LogP contribution in [-0.2, 0) is 16.1 Å². The van der Waals surface area contributed by atoms with Gasteiger partial charge >= 0.3 is 5.97 Å². The zero-order valence-corrected chi connectivity index (χ0v) is 11.0. The summed E-state index contributed by atoms with van der Waals surface area (Å²) in [6.07, 6.45) is 6.97. The largest absolute Gasteiger partial charge is 0.466 e. The van der Waals surface area contributed by atoms with Gasteiger partial charge in [-0.2, -0.15) is 0 Å². The quantitative estimate of drug-likeness (QED) is 0.623. The molecule has 0 aliphatic carbocycles. The Morgan fingerprint density at radius 2 is 2.11 bits per heavy atom. The molecule has 0 atom stereocenters. The lowest BCUT2D eigenvalue weighted by atomic mass is 10.1. The summed E-state index contributed by atoms with van der Waals surface area (Å²) in [6.45, 7) is 2.68. The number of imidazole rings is 1. The minimum Gasteiger partial charge on any atom is -0.466 e. The van der Waals surface area contributed by atoms with Crippen LogP contribution in [0.5, 0.6) is 0 Å². The van der Waals surface area contributed by atoms with Crippen LogP contribution in [0.1, 0.15) is 18.1 Å². The molecule has 0 bridgehead atoms. The highest BCUT2D eigenvalue weighted by Crippen LogP contribution is 2.15. The van der Waals surface area contributed by atoms with Gasteiger partial charge in [0.1, 0.15) is 0 Å². The smallest absolute Gasteiger partial charge is 0.330 e. The van der Waals surface area contributed by atoms with E-state index >= 15 is 0 Å². The third-order valence-corrected chi connectivity index (χ3v) is 2.87. The van der Waals surface area contributed by atoms with E-state index in [-0.39, 0.29) is 5.97 Å². The Bertz CT molecular complexity index is 569. The average Bonchev–Trinajstić information content (AvgIpc) is 2.92. The van der Waals surface area contributed by atoms with Crippen molar-refractivity contribution in [3.8, 4) is 0 Å². The van der Waals surface area contributed by atoms with Crippen LogP contribution < -0.4 is 0 Å². The number of hydrogen-bond donors (Lipinski definition) is 0. The lowest BCUT2D eigenvalue weighted by Crippen LogP contribution is -1.97. The Morgan fingerprint density at radius 1 is 1.37 bits per heavy atom. The van der Waals surface area contributed by atoms with E-state index in [0.717, 1.165) is 17.7 Å². The number of carbonyl (C=O) groups is 1. The first-order valence-corrected chi connectivity index (χ1v) is 6.00. The van der Waals surface area contributed by atoms with Crippen LogP contribution in [0.2, 0.25) is 0 Å². The Hall–Kier alpha value is -2.36. The predicted molar refractivity (Wildman–Crippen MR) is 73.4 cm³/mol. The summed E-state index contributed by atoms with van der Waals surface area (Å²) in [5, 5.41) is 0. The molecule has 19 heavy (non-hydrogen) atoms. The zero-order valence-electron chi connectivity index (χ0n) is 11.0. The highest BCUT2D eigenvalue weighted by molar-refractivity contribution is 5.90. The maximum Gasteiger partial charge on any atom is 0.330 e. The molecule has 2 rings (SSSR count). The molecule has 98 valence electrons. The fourth-order valence-electron chi connectivity index (χ4n) is 1.78. The Balaban J connectivity index is 2.10. The second kappa shape index (κ2) is 6.00. The molecule has 1 aromatic carbocycles. The Morgan fingerprint density at radius 3 is 2.68 bits per heavy atom. The van der Waals surface area contributed by atoms with Crippen LogP contribution in [0, 0.1) is 0 Å². The lowest BCUT2D eigenvalue weighted by molar-refractivity contribution is -0.134. The third kappa shape index (κ3) is 3.55. The number of ether oxygens (including phenoxy) is 1. The summed E-state index contributed by atoms with van der Waals surface area (Å²) in [6, 6.07) is 8.09. The van der Waals surface area contributed by atoms with E-state index in [1.807, 2.05) is 42.0 Å². The van der Waals surface area contributed by atoms with E-state index in [1.165, 1.54) is 18.7 Å². The minimum absolute atomic E-state index is 0.333. The molecule has 4 nitrogen and oxygen atoms in total. The van der Waals surface area contributed by atoms with Crippen molar-refractivity contribution < 1.29 is 9.53 Å². The van der Waals surface area contributed by atoms with Crippen molar-refractivity contribution >= 4 is 11.5 Å². The first-order valence-electron chi connectivity index (χ1n) is 6.00. The normalized spacial score (nSPS) is 11.4. The highest BCUT2D eigenvalue weighted by Gasteiger charge is 2.01. The summed E-state index contributed by atoms with van der Waals surface area (Å²) in [5.41, 5.74) is 3.09. The number of rotatable bonds is 4. The predicted octanol–water partition coefficient (Wildman–Crippen LogP) is 2.51. The van der Waals surface area contributed by atoms with E-state index in [0.29, 0.717) is 0 Å². The van der Waals surface area contributed by atoms with E-state index < -0.39 is 0 Å². The average molecular weight is 256 g/mol. The van der Waals surface area contributed by atoms with Crippen LogP contribution in [0.3, 0.4) is 0 Å². The third-order valence-electron chi connectivity index (χ3n) is 2.87. The van der Waals surface area contributed by atoms with Gasteiger partial charge < -0.3 is 9.30 Å². The molecule has 0 saturated heterocycles. The van der Waals surface area contributed by atoms with Crippen LogP contribution in [0.4, 0.5) is 0 Å². The van der Waals surface area contributed by atoms with Crippen molar-refractivity contribution in [1.82, 2.24) is 9.55 Å². The molecule has 2 aromatic rings. The number of benzene rings is 1. The van der Waals surface area contributed by atoms with Crippen molar-refractivity contribution in [1.29, 1.82) is 0 Å². The molecule has 1 heterocycles. The number of nitrogens with zero attached hydrogens (tertiary/aromatic N) is 2. The number of esters is 1. The van der Waals surface area contributed by atoms with Gasteiger partial charge in [0.15, 0.2) is 0 Å². The fourth-order valence-corrected chi connectivity index (χ4v) is 1.78. The second-order valence-corrected chi connectivity index (χ2v) is 4.28. The molecule has 1 aromatic heterocycles. The number of aromatic nitrogens is 2. The number of methoxy groups -OCH3 is 1. The van der Waals surface area contributed by atoms with Gasteiger partial charge in [0.05, 0.1) is 13.4 Å². The number of hydrogen-bond acceptors (Lipinski definition) is 3. The minimum atomic E-state index is -0.333. The van der Waals surface area contributed by atoms with E-state index in [9.17, 15) is 4.79 Å². The Kier molecular flexibility index (Phi) is 4.13. The van der Waals surface area contributed by atoms with E-state index in [1.54, 1.807) is 12.5 Å². The van der Waals surface area contributed by atoms with Gasteiger partial charge in [-0.1, -0.05) is 24.3 Å². The first kappa shape index (κ1) is 13.1. The van der Waals surface area contributed by atoms with Gasteiger partial charge in [-0.15, -0.1) is 0 Å². The summed E-state index contributed by atoms with van der Waals surface area (Å²) in [4.78, 5) is 15.2. The van der Waals surface area contributed by atoms with E-state index in [4.69, 9.17) is 0 Å². The van der Waals surface area contributed by atoms with Crippen molar-refractivity contribution in [3.05, 3.63) is 60.2 Å².